The van der Waals surface area contributed by atoms with Crippen LogP contribution in [0.5, 0.6) is 5.75 Å². The highest BCUT2D eigenvalue weighted by Gasteiger charge is 2.34. The molecule has 25 heavy (non-hydrogen) atoms. The second-order valence-electron chi connectivity index (χ2n) is 7.48. The topological polar surface area (TPSA) is 45.8 Å². The van der Waals surface area contributed by atoms with Gasteiger partial charge in [-0.25, -0.2) is 0 Å². The van der Waals surface area contributed by atoms with Crippen LogP contribution in [0, 0.1) is 5.92 Å². The number of nitrogens with one attached hydrogen (secondary N) is 2. The molecule has 5 nitrogen and oxygen atoms in total. The minimum Gasteiger partial charge on any atom is -0.492 e. The maximum Gasteiger partial charge on any atom is 0.123 e. The average molecular weight is 348 g/mol. The Morgan fingerprint density at radius 3 is 2.96 bits per heavy atom. The quantitative estimate of drug-likeness (QED) is 0.752. The van der Waals surface area contributed by atoms with Crippen LogP contribution in [0.1, 0.15) is 24.8 Å². The normalized spacial score (nSPS) is 26.9. The molecule has 0 spiro atoms. The van der Waals surface area contributed by atoms with Gasteiger partial charge in [-0.2, -0.15) is 0 Å². The summed E-state index contributed by atoms with van der Waals surface area (Å²) >= 11 is 0. The lowest BCUT2D eigenvalue weighted by Crippen LogP contribution is -2.50. The number of hydrogen-bond acceptors (Lipinski definition) is 5. The van der Waals surface area contributed by atoms with E-state index in [2.05, 4.69) is 53.9 Å². The molecule has 0 bridgehead atoms. The van der Waals surface area contributed by atoms with Crippen molar-refractivity contribution in [2.75, 3.05) is 47.0 Å². The van der Waals surface area contributed by atoms with Gasteiger partial charge in [0.1, 0.15) is 12.4 Å². The molecule has 1 saturated carbocycles. The van der Waals surface area contributed by atoms with E-state index in [1.807, 2.05) is 0 Å². The van der Waals surface area contributed by atoms with Gasteiger partial charge >= 0.3 is 0 Å². The Balaban J connectivity index is 1.53. The zero-order valence-corrected chi connectivity index (χ0v) is 15.7. The van der Waals surface area contributed by atoms with E-state index in [0.717, 1.165) is 45.2 Å². The fourth-order valence-electron chi connectivity index (χ4n) is 3.95. The van der Waals surface area contributed by atoms with Crippen molar-refractivity contribution in [2.45, 2.75) is 37.9 Å². The highest BCUT2D eigenvalue weighted by Crippen LogP contribution is 2.30. The van der Waals surface area contributed by atoms with E-state index in [-0.39, 0.29) is 0 Å². The van der Waals surface area contributed by atoms with Gasteiger partial charge in [0.25, 0.3) is 0 Å². The Hall–Kier alpha value is -1.14. The number of rotatable bonds is 8. The van der Waals surface area contributed by atoms with Crippen LogP contribution < -0.4 is 15.4 Å². The third-order valence-corrected chi connectivity index (χ3v) is 5.36. The maximum atomic E-state index is 5.99. The van der Waals surface area contributed by atoms with Gasteiger partial charge in [0.15, 0.2) is 0 Å². The molecular formula is C20H33N3O2. The fourth-order valence-corrected chi connectivity index (χ4v) is 3.95. The lowest BCUT2D eigenvalue weighted by Gasteiger charge is -2.33. The molecule has 1 aromatic carbocycles. The Labute approximate surface area is 152 Å². The molecule has 3 atom stereocenters. The SMILES string of the molecule is CN(C)CCOc1ccccc1CNC1CCCC1C1COCCN1. The summed E-state index contributed by atoms with van der Waals surface area (Å²) in [6.45, 7) is 5.20. The van der Waals surface area contributed by atoms with Crippen LogP contribution in [-0.4, -0.2) is 64.0 Å². The highest BCUT2D eigenvalue weighted by atomic mass is 16.5. The molecule has 1 aliphatic carbocycles. The summed E-state index contributed by atoms with van der Waals surface area (Å²) in [6, 6.07) is 9.46. The first-order valence-electron chi connectivity index (χ1n) is 9.64. The van der Waals surface area contributed by atoms with E-state index in [1.54, 1.807) is 0 Å². The number of ether oxygens (including phenoxy) is 2. The third kappa shape index (κ3) is 5.42. The summed E-state index contributed by atoms with van der Waals surface area (Å²) in [6.07, 6.45) is 3.85. The van der Waals surface area contributed by atoms with Crippen molar-refractivity contribution in [3.63, 3.8) is 0 Å². The Morgan fingerprint density at radius 2 is 2.16 bits per heavy atom. The molecule has 3 rings (SSSR count). The van der Waals surface area contributed by atoms with Gasteiger partial charge in [0.2, 0.25) is 0 Å². The average Bonchev–Trinajstić information content (AvgIpc) is 3.10. The summed E-state index contributed by atoms with van der Waals surface area (Å²) in [4.78, 5) is 2.14. The van der Waals surface area contributed by atoms with Crippen LogP contribution in [0.2, 0.25) is 0 Å². The van der Waals surface area contributed by atoms with Crippen LogP contribution >= 0.6 is 0 Å². The standard InChI is InChI=1S/C20H33N3O2/c1-23(2)11-13-25-20-9-4-3-6-16(20)14-22-18-8-5-7-17(18)19-15-24-12-10-21-19/h3-4,6,9,17-19,21-22H,5,7-8,10-15H2,1-2H3. The van der Waals surface area contributed by atoms with E-state index in [1.165, 1.54) is 24.8 Å². The van der Waals surface area contributed by atoms with Gasteiger partial charge in [-0.05, 0) is 38.9 Å². The second kappa shape index (κ2) is 9.53. The first kappa shape index (κ1) is 18.6. The summed E-state index contributed by atoms with van der Waals surface area (Å²) < 4.78 is 11.7. The van der Waals surface area contributed by atoms with Crippen molar-refractivity contribution in [1.29, 1.82) is 0 Å². The molecule has 2 N–H and O–H groups in total. The predicted molar refractivity (Wildman–Crippen MR) is 101 cm³/mol. The molecule has 0 amide bonds. The van der Waals surface area contributed by atoms with Gasteiger partial charge < -0.3 is 25.0 Å². The number of nitrogens with zero attached hydrogens (tertiary/aromatic N) is 1. The first-order chi connectivity index (χ1) is 12.2. The summed E-state index contributed by atoms with van der Waals surface area (Å²) in [5.41, 5.74) is 1.25. The largest absolute Gasteiger partial charge is 0.492 e. The Kier molecular flexibility index (Phi) is 7.11. The van der Waals surface area contributed by atoms with Gasteiger partial charge in [-0.1, -0.05) is 24.6 Å². The van der Waals surface area contributed by atoms with E-state index in [4.69, 9.17) is 9.47 Å². The van der Waals surface area contributed by atoms with Crippen LogP contribution in [0.15, 0.2) is 24.3 Å². The zero-order valence-electron chi connectivity index (χ0n) is 15.7. The number of benzene rings is 1. The number of hydrogen-bond donors (Lipinski definition) is 2. The minimum absolute atomic E-state index is 0.500. The van der Waals surface area contributed by atoms with Crippen LogP contribution in [0.3, 0.4) is 0 Å². The zero-order chi connectivity index (χ0) is 17.5. The van der Waals surface area contributed by atoms with E-state index >= 15 is 0 Å². The Bertz CT molecular complexity index is 517. The molecule has 0 aromatic heterocycles. The van der Waals surface area contributed by atoms with Crippen LogP contribution in [0.4, 0.5) is 0 Å². The number of likely N-dealkylation sites (N-methyl/N-ethyl adjacent to an activating group) is 1. The molecule has 2 fully saturated rings. The molecule has 2 aliphatic rings. The van der Waals surface area contributed by atoms with Gasteiger partial charge in [-0.3, -0.25) is 0 Å². The molecule has 1 aliphatic heterocycles. The smallest absolute Gasteiger partial charge is 0.123 e. The molecule has 0 radical (unpaired) electrons. The lowest BCUT2D eigenvalue weighted by molar-refractivity contribution is 0.0524. The van der Waals surface area contributed by atoms with Crippen molar-refractivity contribution >= 4 is 0 Å². The van der Waals surface area contributed by atoms with Crippen molar-refractivity contribution < 1.29 is 9.47 Å². The summed E-state index contributed by atoms with van der Waals surface area (Å²) in [5.74, 6) is 1.67. The lowest BCUT2D eigenvalue weighted by atomic mass is 9.94. The molecule has 1 saturated heterocycles. The van der Waals surface area contributed by atoms with Crippen LogP contribution in [-0.2, 0) is 11.3 Å². The Morgan fingerprint density at radius 1 is 1.28 bits per heavy atom. The molecule has 3 unspecified atom stereocenters. The van der Waals surface area contributed by atoms with Crippen molar-refractivity contribution in [3.05, 3.63) is 29.8 Å². The molecule has 1 aromatic rings. The first-order valence-corrected chi connectivity index (χ1v) is 9.64. The number of morpholine rings is 1. The maximum absolute atomic E-state index is 5.99. The van der Waals surface area contributed by atoms with Gasteiger partial charge in [-0.15, -0.1) is 0 Å². The highest BCUT2D eigenvalue weighted by molar-refractivity contribution is 5.33. The molecule has 5 heteroatoms. The van der Waals surface area contributed by atoms with Gasteiger partial charge in [0.05, 0.1) is 13.2 Å². The summed E-state index contributed by atoms with van der Waals surface area (Å²) in [7, 11) is 4.14. The molecular weight excluding hydrogens is 314 g/mol. The minimum atomic E-state index is 0.500. The van der Waals surface area contributed by atoms with Gasteiger partial charge in [0, 0.05) is 37.3 Å². The predicted octanol–water partition coefficient (Wildman–Crippen LogP) is 1.87. The number of para-hydroxylation sites is 1. The van der Waals surface area contributed by atoms with Crippen molar-refractivity contribution in [1.82, 2.24) is 15.5 Å². The monoisotopic (exact) mass is 347 g/mol. The van der Waals surface area contributed by atoms with E-state index in [0.29, 0.717) is 18.0 Å². The molecule has 140 valence electrons. The molecule has 1 heterocycles. The van der Waals surface area contributed by atoms with Crippen molar-refractivity contribution in [2.24, 2.45) is 5.92 Å². The van der Waals surface area contributed by atoms with Crippen LogP contribution in [0.25, 0.3) is 0 Å². The van der Waals surface area contributed by atoms with E-state index in [9.17, 15) is 0 Å². The van der Waals surface area contributed by atoms with Crippen molar-refractivity contribution in [3.8, 4) is 5.75 Å². The third-order valence-electron chi connectivity index (χ3n) is 5.36. The summed E-state index contributed by atoms with van der Waals surface area (Å²) in [5, 5.41) is 7.44. The second-order valence-corrected chi connectivity index (χ2v) is 7.48. The van der Waals surface area contributed by atoms with E-state index < -0.39 is 0 Å². The fraction of sp³-hybridized carbons (Fsp3) is 0.700.